The molecule has 3 rings (SSSR count). The normalized spacial score (nSPS) is 12.5. The maximum Gasteiger partial charge on any atom is 0.119 e. The topological polar surface area (TPSA) is 42.6 Å². The summed E-state index contributed by atoms with van der Waals surface area (Å²) in [5.41, 5.74) is 1.90. The zero-order valence-electron chi connectivity index (χ0n) is 11.2. The van der Waals surface area contributed by atoms with E-state index in [1.54, 1.807) is 19.6 Å². The summed E-state index contributed by atoms with van der Waals surface area (Å²) in [4.78, 5) is 0. The summed E-state index contributed by atoms with van der Waals surface area (Å²) < 4.78 is 10.2. The Morgan fingerprint density at radius 2 is 1.90 bits per heavy atom. The molecule has 0 radical (unpaired) electrons. The van der Waals surface area contributed by atoms with Gasteiger partial charge in [0.25, 0.3) is 0 Å². The summed E-state index contributed by atoms with van der Waals surface area (Å²) in [5.74, 6) is 0.837. The molecular formula is C17H16O3. The number of ether oxygens (including phenoxy) is 1. The molecule has 1 N–H and O–H groups in total. The van der Waals surface area contributed by atoms with E-state index in [0.29, 0.717) is 6.42 Å². The summed E-state index contributed by atoms with van der Waals surface area (Å²) in [6.07, 6.45) is 3.31. The highest BCUT2D eigenvalue weighted by molar-refractivity contribution is 5.84. The molecule has 20 heavy (non-hydrogen) atoms. The van der Waals surface area contributed by atoms with Crippen LogP contribution in [0.25, 0.3) is 10.8 Å². The molecule has 1 unspecified atom stereocenters. The molecule has 0 fully saturated rings. The second-order valence-corrected chi connectivity index (χ2v) is 4.82. The standard InChI is InChI=1S/C17H16O3/c1-19-16-5-4-13-9-15(3-2-14(13)10-16)17(18)8-12-6-7-20-11-12/h2-7,9-11,17-18H,8H2,1H3. The maximum atomic E-state index is 10.3. The number of fused-ring (bicyclic) bond motifs is 1. The van der Waals surface area contributed by atoms with Crippen molar-refractivity contribution in [2.75, 3.05) is 7.11 Å². The van der Waals surface area contributed by atoms with Crippen LogP contribution in [-0.2, 0) is 6.42 Å². The first-order chi connectivity index (χ1) is 9.76. The molecule has 0 saturated carbocycles. The first kappa shape index (κ1) is 12.8. The molecule has 0 spiro atoms. The number of aliphatic hydroxyl groups excluding tert-OH is 1. The highest BCUT2D eigenvalue weighted by atomic mass is 16.5. The Labute approximate surface area is 117 Å². The Kier molecular flexibility index (Phi) is 3.44. The van der Waals surface area contributed by atoms with E-state index in [1.807, 2.05) is 42.5 Å². The van der Waals surface area contributed by atoms with E-state index in [0.717, 1.165) is 27.6 Å². The minimum absolute atomic E-state index is 0.529. The largest absolute Gasteiger partial charge is 0.497 e. The van der Waals surface area contributed by atoms with Crippen molar-refractivity contribution in [1.82, 2.24) is 0 Å². The van der Waals surface area contributed by atoms with Crippen LogP contribution >= 0.6 is 0 Å². The summed E-state index contributed by atoms with van der Waals surface area (Å²) in [5, 5.41) is 12.5. The molecule has 1 atom stereocenters. The zero-order chi connectivity index (χ0) is 13.9. The van der Waals surface area contributed by atoms with Gasteiger partial charge in [0.2, 0.25) is 0 Å². The third-order valence-corrected chi connectivity index (χ3v) is 3.47. The van der Waals surface area contributed by atoms with Crippen LogP contribution < -0.4 is 4.74 Å². The van der Waals surface area contributed by atoms with Crippen molar-refractivity contribution in [3.05, 3.63) is 66.1 Å². The Hall–Kier alpha value is -2.26. The van der Waals surface area contributed by atoms with Crippen LogP contribution in [-0.4, -0.2) is 12.2 Å². The van der Waals surface area contributed by atoms with Gasteiger partial charge in [-0.1, -0.05) is 18.2 Å². The lowest BCUT2D eigenvalue weighted by atomic mass is 10.00. The Bertz CT molecular complexity index is 701. The van der Waals surface area contributed by atoms with Crippen LogP contribution in [0.1, 0.15) is 17.2 Å². The smallest absolute Gasteiger partial charge is 0.119 e. The minimum Gasteiger partial charge on any atom is -0.497 e. The van der Waals surface area contributed by atoms with Crippen LogP contribution in [0.3, 0.4) is 0 Å². The van der Waals surface area contributed by atoms with Crippen molar-refractivity contribution < 1.29 is 14.3 Å². The lowest BCUT2D eigenvalue weighted by Crippen LogP contribution is -2.00. The number of hydrogen-bond donors (Lipinski definition) is 1. The molecule has 3 nitrogen and oxygen atoms in total. The molecule has 102 valence electrons. The van der Waals surface area contributed by atoms with E-state index in [9.17, 15) is 5.11 Å². The van der Waals surface area contributed by atoms with Gasteiger partial charge in [0.15, 0.2) is 0 Å². The quantitative estimate of drug-likeness (QED) is 0.784. The fourth-order valence-electron chi connectivity index (χ4n) is 2.33. The minimum atomic E-state index is -0.529. The summed E-state index contributed by atoms with van der Waals surface area (Å²) in [6.45, 7) is 0. The van der Waals surface area contributed by atoms with E-state index >= 15 is 0 Å². The van der Waals surface area contributed by atoms with Gasteiger partial charge in [-0.05, 0) is 46.2 Å². The van der Waals surface area contributed by atoms with Gasteiger partial charge >= 0.3 is 0 Å². The van der Waals surface area contributed by atoms with E-state index in [1.165, 1.54) is 0 Å². The molecule has 0 amide bonds. The molecule has 2 aromatic carbocycles. The average Bonchev–Trinajstić information content (AvgIpc) is 2.99. The van der Waals surface area contributed by atoms with Crippen LogP contribution in [0.2, 0.25) is 0 Å². The fourth-order valence-corrected chi connectivity index (χ4v) is 2.33. The molecule has 0 bridgehead atoms. The molecule has 0 aliphatic rings. The van der Waals surface area contributed by atoms with Crippen LogP contribution in [0.15, 0.2) is 59.4 Å². The average molecular weight is 268 g/mol. The lowest BCUT2D eigenvalue weighted by Gasteiger charge is -2.11. The second-order valence-electron chi connectivity index (χ2n) is 4.82. The molecule has 0 aliphatic carbocycles. The van der Waals surface area contributed by atoms with E-state index in [2.05, 4.69) is 0 Å². The highest BCUT2D eigenvalue weighted by Crippen LogP contribution is 2.26. The number of rotatable bonds is 4. The van der Waals surface area contributed by atoms with Gasteiger partial charge in [-0.15, -0.1) is 0 Å². The Morgan fingerprint density at radius 1 is 1.10 bits per heavy atom. The molecule has 0 aliphatic heterocycles. The zero-order valence-corrected chi connectivity index (χ0v) is 11.2. The van der Waals surface area contributed by atoms with Gasteiger partial charge in [-0.3, -0.25) is 0 Å². The van der Waals surface area contributed by atoms with Crippen molar-refractivity contribution in [1.29, 1.82) is 0 Å². The van der Waals surface area contributed by atoms with Gasteiger partial charge in [0.05, 0.1) is 25.7 Å². The van der Waals surface area contributed by atoms with Crippen LogP contribution in [0, 0.1) is 0 Å². The van der Waals surface area contributed by atoms with Crippen molar-refractivity contribution in [2.24, 2.45) is 0 Å². The number of furan rings is 1. The third-order valence-electron chi connectivity index (χ3n) is 3.47. The van der Waals surface area contributed by atoms with Crippen molar-refractivity contribution in [3.8, 4) is 5.75 Å². The molecule has 0 saturated heterocycles. The van der Waals surface area contributed by atoms with Crippen LogP contribution in [0.4, 0.5) is 0 Å². The predicted molar refractivity (Wildman–Crippen MR) is 77.9 cm³/mol. The van der Waals surface area contributed by atoms with Gasteiger partial charge in [0, 0.05) is 6.42 Å². The molecule has 1 heterocycles. The second kappa shape index (κ2) is 5.39. The summed E-state index contributed by atoms with van der Waals surface area (Å²) in [6, 6.07) is 13.8. The van der Waals surface area contributed by atoms with E-state index in [4.69, 9.17) is 9.15 Å². The van der Waals surface area contributed by atoms with E-state index < -0.39 is 6.10 Å². The maximum absolute atomic E-state index is 10.3. The van der Waals surface area contributed by atoms with Crippen molar-refractivity contribution in [2.45, 2.75) is 12.5 Å². The Morgan fingerprint density at radius 3 is 2.65 bits per heavy atom. The number of benzene rings is 2. The van der Waals surface area contributed by atoms with E-state index in [-0.39, 0.29) is 0 Å². The number of aliphatic hydroxyl groups is 1. The molecule has 3 aromatic rings. The van der Waals surface area contributed by atoms with Crippen LogP contribution in [0.5, 0.6) is 5.75 Å². The molecule has 3 heteroatoms. The van der Waals surface area contributed by atoms with Gasteiger partial charge in [-0.25, -0.2) is 0 Å². The molecular weight excluding hydrogens is 252 g/mol. The summed E-state index contributed by atoms with van der Waals surface area (Å²) >= 11 is 0. The van der Waals surface area contributed by atoms with Gasteiger partial charge in [0.1, 0.15) is 5.75 Å². The van der Waals surface area contributed by atoms with Crippen molar-refractivity contribution in [3.63, 3.8) is 0 Å². The lowest BCUT2D eigenvalue weighted by molar-refractivity contribution is 0.178. The monoisotopic (exact) mass is 268 g/mol. The SMILES string of the molecule is COc1ccc2cc(C(O)Cc3ccoc3)ccc2c1. The van der Waals surface area contributed by atoms with Crippen molar-refractivity contribution >= 4 is 10.8 Å². The summed E-state index contributed by atoms with van der Waals surface area (Å²) in [7, 11) is 1.66. The van der Waals surface area contributed by atoms with Gasteiger partial charge in [-0.2, -0.15) is 0 Å². The highest BCUT2D eigenvalue weighted by Gasteiger charge is 2.10. The predicted octanol–water partition coefficient (Wildman–Crippen LogP) is 3.72. The number of hydrogen-bond acceptors (Lipinski definition) is 3. The first-order valence-corrected chi connectivity index (χ1v) is 6.53. The molecule has 1 aromatic heterocycles. The first-order valence-electron chi connectivity index (χ1n) is 6.53. The third kappa shape index (κ3) is 2.53. The number of methoxy groups -OCH3 is 1. The fraction of sp³-hybridized carbons (Fsp3) is 0.176. The Balaban J connectivity index is 1.88. The van der Waals surface area contributed by atoms with Gasteiger partial charge < -0.3 is 14.3 Å².